The van der Waals surface area contributed by atoms with Crippen LogP contribution in [-0.4, -0.2) is 22.3 Å². The maximum Gasteiger partial charge on any atom is 0.346 e. The number of hydrogen-bond acceptors (Lipinski definition) is 4. The van der Waals surface area contributed by atoms with E-state index >= 15 is 0 Å². The quantitative estimate of drug-likeness (QED) is 0.512. The number of aromatic nitrogens is 1. The molecule has 1 heterocycles. The van der Waals surface area contributed by atoms with Gasteiger partial charge in [-0.2, -0.15) is 0 Å². The van der Waals surface area contributed by atoms with Crippen LogP contribution in [0.4, 0.5) is 0 Å². The molecule has 0 amide bonds. The van der Waals surface area contributed by atoms with E-state index in [1.165, 1.54) is 6.07 Å². The molecule has 0 unspecified atom stereocenters. The van der Waals surface area contributed by atoms with Gasteiger partial charge in [0, 0.05) is 17.0 Å². The normalized spacial score (nSPS) is 10.5. The fourth-order valence-corrected chi connectivity index (χ4v) is 2.53. The molecule has 0 bridgehead atoms. The molecule has 0 saturated carbocycles. The molecule has 0 spiro atoms. The van der Waals surface area contributed by atoms with E-state index < -0.39 is 5.97 Å². The van der Waals surface area contributed by atoms with E-state index in [-0.39, 0.29) is 27.6 Å². The summed E-state index contributed by atoms with van der Waals surface area (Å²) in [4.78, 5) is 26.4. The number of aldehydes is 1. The van der Waals surface area contributed by atoms with Crippen LogP contribution < -0.4 is 4.74 Å². The Morgan fingerprint density at radius 3 is 2.64 bits per heavy atom. The molecule has 2 N–H and O–H groups in total. The third-order valence-electron chi connectivity index (χ3n) is 3.49. The monoisotopic (exact) mass is 321 g/mol. The smallest absolute Gasteiger partial charge is 0.346 e. The Morgan fingerprint density at radius 1 is 1.36 bits per heavy atom. The molecule has 2 aromatic rings. The van der Waals surface area contributed by atoms with Crippen molar-refractivity contribution in [1.82, 2.24) is 4.98 Å². The van der Waals surface area contributed by atoms with Crippen molar-refractivity contribution in [2.24, 2.45) is 0 Å². The summed E-state index contributed by atoms with van der Waals surface area (Å²) < 4.78 is 5.24. The van der Waals surface area contributed by atoms with Gasteiger partial charge in [0.1, 0.15) is 10.8 Å². The van der Waals surface area contributed by atoms with Crippen LogP contribution in [0.5, 0.6) is 11.5 Å². The number of carbonyl (C=O) groups excluding carboxylic acids is 2. The number of phenols is 1. The van der Waals surface area contributed by atoms with Crippen molar-refractivity contribution in [2.75, 3.05) is 0 Å². The van der Waals surface area contributed by atoms with E-state index in [1.54, 1.807) is 19.9 Å². The molecule has 0 aliphatic carbocycles. The van der Waals surface area contributed by atoms with Gasteiger partial charge < -0.3 is 14.8 Å². The van der Waals surface area contributed by atoms with Crippen molar-refractivity contribution in [2.45, 2.75) is 27.2 Å². The Kier molecular flexibility index (Phi) is 4.56. The van der Waals surface area contributed by atoms with E-state index in [0.29, 0.717) is 29.7 Å². The standard InChI is InChI=1S/C16H16ClNO4/c1-4-10-5-6-12(14(17)15(10)20)22-16(21)13-9(3)18-8(2)11(13)7-19/h5-7,18,20H,4H2,1-3H3. The molecule has 116 valence electrons. The third kappa shape index (κ3) is 2.72. The highest BCUT2D eigenvalue weighted by atomic mass is 35.5. The Labute approximate surface area is 132 Å². The van der Waals surface area contributed by atoms with Gasteiger partial charge in [0.15, 0.2) is 12.0 Å². The molecular weight excluding hydrogens is 306 g/mol. The van der Waals surface area contributed by atoms with E-state index in [4.69, 9.17) is 16.3 Å². The molecular formula is C16H16ClNO4. The third-order valence-corrected chi connectivity index (χ3v) is 3.86. The van der Waals surface area contributed by atoms with E-state index in [2.05, 4.69) is 4.98 Å². The van der Waals surface area contributed by atoms with Crippen LogP contribution in [0.2, 0.25) is 5.02 Å². The Morgan fingerprint density at radius 2 is 2.05 bits per heavy atom. The summed E-state index contributed by atoms with van der Waals surface area (Å²) >= 11 is 6.02. The predicted octanol–water partition coefficient (Wildman–Crippen LogP) is 3.58. The number of aromatic amines is 1. The first-order valence-corrected chi connectivity index (χ1v) is 7.15. The van der Waals surface area contributed by atoms with Gasteiger partial charge in [-0.15, -0.1) is 0 Å². The van der Waals surface area contributed by atoms with Gasteiger partial charge in [0.2, 0.25) is 0 Å². The highest BCUT2D eigenvalue weighted by Crippen LogP contribution is 2.37. The van der Waals surface area contributed by atoms with Crippen molar-refractivity contribution in [3.8, 4) is 11.5 Å². The van der Waals surface area contributed by atoms with Crippen LogP contribution in [0.3, 0.4) is 0 Å². The minimum absolute atomic E-state index is 0.0229. The van der Waals surface area contributed by atoms with Gasteiger partial charge >= 0.3 is 5.97 Å². The van der Waals surface area contributed by atoms with Gasteiger partial charge in [0.25, 0.3) is 0 Å². The molecule has 0 fully saturated rings. The van der Waals surface area contributed by atoms with Crippen molar-refractivity contribution < 1.29 is 19.4 Å². The second-order valence-corrected chi connectivity index (χ2v) is 5.29. The second kappa shape index (κ2) is 6.23. The Bertz CT molecular complexity index is 749. The van der Waals surface area contributed by atoms with E-state index in [0.717, 1.165) is 0 Å². The minimum atomic E-state index is -0.700. The van der Waals surface area contributed by atoms with Crippen molar-refractivity contribution in [3.05, 3.63) is 45.2 Å². The number of rotatable bonds is 4. The number of H-pyrrole nitrogens is 1. The van der Waals surface area contributed by atoms with Gasteiger partial charge in [-0.05, 0) is 31.9 Å². The van der Waals surface area contributed by atoms with Gasteiger partial charge in [-0.1, -0.05) is 24.6 Å². The fraction of sp³-hybridized carbons (Fsp3) is 0.250. The molecule has 0 atom stereocenters. The number of nitrogens with one attached hydrogen (secondary N) is 1. The van der Waals surface area contributed by atoms with E-state index in [9.17, 15) is 14.7 Å². The number of carbonyl (C=O) groups is 2. The van der Waals surface area contributed by atoms with Crippen LogP contribution in [0.25, 0.3) is 0 Å². The molecule has 1 aromatic heterocycles. The highest BCUT2D eigenvalue weighted by Gasteiger charge is 2.22. The molecule has 0 aliphatic rings. The Balaban J connectivity index is 2.38. The number of hydrogen-bond donors (Lipinski definition) is 2. The number of phenolic OH excluding ortho intramolecular Hbond substituents is 1. The summed E-state index contributed by atoms with van der Waals surface area (Å²) in [6.07, 6.45) is 1.21. The van der Waals surface area contributed by atoms with Gasteiger partial charge in [-0.25, -0.2) is 4.79 Å². The van der Waals surface area contributed by atoms with E-state index in [1.807, 2.05) is 6.92 Å². The number of esters is 1. The highest BCUT2D eigenvalue weighted by molar-refractivity contribution is 6.33. The molecule has 1 aromatic carbocycles. The van der Waals surface area contributed by atoms with Gasteiger partial charge in [-0.3, -0.25) is 4.79 Å². The molecule has 0 aliphatic heterocycles. The average Bonchev–Trinajstić information content (AvgIpc) is 2.77. The topological polar surface area (TPSA) is 79.4 Å². The second-order valence-electron chi connectivity index (χ2n) is 4.91. The first-order valence-electron chi connectivity index (χ1n) is 6.77. The molecule has 2 rings (SSSR count). The van der Waals surface area contributed by atoms with Crippen molar-refractivity contribution >= 4 is 23.9 Å². The molecule has 0 saturated heterocycles. The minimum Gasteiger partial charge on any atom is -0.506 e. The number of halogens is 1. The largest absolute Gasteiger partial charge is 0.506 e. The van der Waals surface area contributed by atoms with Crippen molar-refractivity contribution in [3.63, 3.8) is 0 Å². The molecule has 22 heavy (non-hydrogen) atoms. The molecule has 6 heteroatoms. The maximum absolute atomic E-state index is 12.3. The SMILES string of the molecule is CCc1ccc(OC(=O)c2c(C)[nH]c(C)c2C=O)c(Cl)c1O. The van der Waals surface area contributed by atoms with Crippen LogP contribution in [0.15, 0.2) is 12.1 Å². The molecule has 5 nitrogen and oxygen atoms in total. The average molecular weight is 322 g/mol. The van der Waals surface area contributed by atoms with Crippen LogP contribution in [-0.2, 0) is 6.42 Å². The number of ether oxygens (including phenoxy) is 1. The first-order chi connectivity index (χ1) is 10.4. The van der Waals surface area contributed by atoms with Crippen molar-refractivity contribution in [1.29, 1.82) is 0 Å². The zero-order valence-corrected chi connectivity index (χ0v) is 13.2. The lowest BCUT2D eigenvalue weighted by Gasteiger charge is -2.10. The zero-order valence-electron chi connectivity index (χ0n) is 12.5. The maximum atomic E-state index is 12.3. The lowest BCUT2D eigenvalue weighted by atomic mass is 10.1. The van der Waals surface area contributed by atoms with Crippen LogP contribution in [0, 0.1) is 13.8 Å². The summed E-state index contributed by atoms with van der Waals surface area (Å²) in [5.41, 5.74) is 2.22. The number of benzene rings is 1. The zero-order chi connectivity index (χ0) is 16.4. The fourth-order valence-electron chi connectivity index (χ4n) is 2.31. The van der Waals surface area contributed by atoms with Crippen LogP contribution >= 0.6 is 11.6 Å². The summed E-state index contributed by atoms with van der Waals surface area (Å²) in [6, 6.07) is 3.16. The lowest BCUT2D eigenvalue weighted by molar-refractivity contribution is 0.0731. The number of aryl methyl sites for hydroxylation is 3. The summed E-state index contributed by atoms with van der Waals surface area (Å²) in [7, 11) is 0. The summed E-state index contributed by atoms with van der Waals surface area (Å²) in [5.74, 6) is -0.752. The van der Waals surface area contributed by atoms with Crippen LogP contribution in [0.1, 0.15) is 44.6 Å². The first kappa shape index (κ1) is 16.1. The summed E-state index contributed by atoms with van der Waals surface area (Å²) in [6.45, 7) is 5.25. The predicted molar refractivity (Wildman–Crippen MR) is 83.1 cm³/mol. The summed E-state index contributed by atoms with van der Waals surface area (Å²) in [5, 5.41) is 9.91. The molecule has 0 radical (unpaired) electrons. The van der Waals surface area contributed by atoms with Gasteiger partial charge in [0.05, 0.1) is 5.56 Å². The lowest BCUT2D eigenvalue weighted by Crippen LogP contribution is -2.12. The number of aromatic hydroxyl groups is 1. The Hall–Kier alpha value is -2.27.